The number of aromatic nitrogens is 4. The summed E-state index contributed by atoms with van der Waals surface area (Å²) in [5.74, 6) is 1.95. The predicted molar refractivity (Wildman–Crippen MR) is 107 cm³/mol. The van der Waals surface area contributed by atoms with Gasteiger partial charge in [0.2, 0.25) is 12.7 Å². The molecule has 0 unspecified atom stereocenters. The molecule has 148 valence electrons. The van der Waals surface area contributed by atoms with E-state index in [0.29, 0.717) is 23.5 Å². The Balaban J connectivity index is 1.60. The second kappa shape index (κ2) is 6.25. The Bertz CT molecular complexity index is 1090. The van der Waals surface area contributed by atoms with Gasteiger partial charge in [-0.05, 0) is 38.5 Å². The van der Waals surface area contributed by atoms with Gasteiger partial charge in [-0.25, -0.2) is 4.68 Å². The topological polar surface area (TPSA) is 94.1 Å². The molecule has 8 nitrogen and oxygen atoms in total. The molecule has 1 aromatic carbocycles. The zero-order chi connectivity index (χ0) is 20.1. The van der Waals surface area contributed by atoms with Crippen LogP contribution in [-0.2, 0) is 11.0 Å². The molecule has 0 spiro atoms. The van der Waals surface area contributed by atoms with Crippen LogP contribution in [0.1, 0.15) is 40.2 Å². The van der Waals surface area contributed by atoms with Crippen molar-refractivity contribution in [1.29, 1.82) is 0 Å². The van der Waals surface area contributed by atoms with Crippen LogP contribution >= 0.6 is 0 Å². The lowest BCUT2D eigenvalue weighted by molar-refractivity contribution is 0.174. The normalized spacial score (nSPS) is 13.9. The Labute approximate surface area is 162 Å². The van der Waals surface area contributed by atoms with Gasteiger partial charge in [0.05, 0.1) is 11.7 Å². The van der Waals surface area contributed by atoms with Gasteiger partial charge in [0.1, 0.15) is 5.39 Å². The molecule has 2 N–H and O–H groups in total. The molecule has 1 aliphatic heterocycles. The van der Waals surface area contributed by atoms with Crippen LogP contribution < -0.4 is 20.3 Å². The maximum atomic E-state index is 12.4. The number of benzene rings is 1. The molecule has 1 aliphatic rings. The molecule has 0 amide bonds. The SMILES string of the molecule is CC(C)(CNc1nc2c(cnn2C(C)(C)C)c(=O)[nH]1)c1ccc2c(c1)OCO2. The van der Waals surface area contributed by atoms with E-state index in [1.54, 1.807) is 10.9 Å². The monoisotopic (exact) mass is 383 g/mol. The maximum absolute atomic E-state index is 12.4. The molecule has 0 bridgehead atoms. The van der Waals surface area contributed by atoms with E-state index in [4.69, 9.17) is 9.47 Å². The van der Waals surface area contributed by atoms with E-state index in [2.05, 4.69) is 34.2 Å². The third-order valence-corrected chi connectivity index (χ3v) is 4.93. The summed E-state index contributed by atoms with van der Waals surface area (Å²) in [6.45, 7) is 11.1. The highest BCUT2D eigenvalue weighted by Gasteiger charge is 2.25. The van der Waals surface area contributed by atoms with Gasteiger partial charge in [-0.1, -0.05) is 19.9 Å². The highest BCUT2D eigenvalue weighted by molar-refractivity contribution is 5.74. The molecule has 0 atom stereocenters. The molecule has 0 aliphatic carbocycles. The van der Waals surface area contributed by atoms with E-state index in [-0.39, 0.29) is 23.3 Å². The molecule has 0 saturated carbocycles. The number of hydrogen-bond donors (Lipinski definition) is 2. The summed E-state index contributed by atoms with van der Waals surface area (Å²) in [4.78, 5) is 19.9. The number of hydrogen-bond acceptors (Lipinski definition) is 6. The average Bonchev–Trinajstić information content (AvgIpc) is 3.25. The van der Waals surface area contributed by atoms with Gasteiger partial charge in [0.25, 0.3) is 5.56 Å². The van der Waals surface area contributed by atoms with Crippen LogP contribution in [-0.4, -0.2) is 33.1 Å². The Hall–Kier alpha value is -3.03. The zero-order valence-corrected chi connectivity index (χ0v) is 16.8. The number of anilines is 1. The highest BCUT2D eigenvalue weighted by Crippen LogP contribution is 2.36. The smallest absolute Gasteiger partial charge is 0.263 e. The van der Waals surface area contributed by atoms with E-state index in [0.717, 1.165) is 17.1 Å². The number of fused-ring (bicyclic) bond motifs is 2. The second-order valence-electron chi connectivity index (χ2n) is 8.68. The van der Waals surface area contributed by atoms with Gasteiger partial charge in [0.15, 0.2) is 17.1 Å². The van der Waals surface area contributed by atoms with Crippen LogP contribution in [0.2, 0.25) is 0 Å². The van der Waals surface area contributed by atoms with Gasteiger partial charge < -0.3 is 14.8 Å². The number of nitrogens with one attached hydrogen (secondary N) is 2. The largest absolute Gasteiger partial charge is 0.454 e. The van der Waals surface area contributed by atoms with Crippen LogP contribution in [0.5, 0.6) is 11.5 Å². The van der Waals surface area contributed by atoms with Crippen molar-refractivity contribution in [1.82, 2.24) is 19.7 Å². The number of ether oxygens (including phenoxy) is 2. The summed E-state index contributed by atoms with van der Waals surface area (Å²) < 4.78 is 12.6. The molecule has 0 saturated heterocycles. The Morgan fingerprint density at radius 3 is 2.68 bits per heavy atom. The van der Waals surface area contributed by atoms with E-state index < -0.39 is 0 Å². The van der Waals surface area contributed by atoms with Crippen LogP contribution in [0, 0.1) is 0 Å². The molecular weight excluding hydrogens is 358 g/mol. The van der Waals surface area contributed by atoms with E-state index >= 15 is 0 Å². The van der Waals surface area contributed by atoms with Crippen molar-refractivity contribution >= 4 is 17.0 Å². The van der Waals surface area contributed by atoms with E-state index in [9.17, 15) is 4.79 Å². The molecule has 3 heterocycles. The lowest BCUT2D eigenvalue weighted by Gasteiger charge is -2.26. The first-order valence-electron chi connectivity index (χ1n) is 9.28. The van der Waals surface area contributed by atoms with Gasteiger partial charge in [-0.2, -0.15) is 10.1 Å². The van der Waals surface area contributed by atoms with Gasteiger partial charge in [-0.15, -0.1) is 0 Å². The number of nitrogens with zero attached hydrogens (tertiary/aromatic N) is 3. The van der Waals surface area contributed by atoms with Crippen LogP contribution in [0.15, 0.2) is 29.2 Å². The van der Waals surface area contributed by atoms with Gasteiger partial charge >= 0.3 is 0 Å². The molecule has 8 heteroatoms. The van der Waals surface area contributed by atoms with E-state index in [1.807, 2.05) is 39.0 Å². The third-order valence-electron chi connectivity index (χ3n) is 4.93. The molecular formula is C20H25N5O3. The number of H-pyrrole nitrogens is 1. The molecule has 0 fully saturated rings. The summed E-state index contributed by atoms with van der Waals surface area (Å²) in [5, 5.41) is 8.09. The standard InChI is InChI=1S/C20H25N5O3/c1-19(2,3)25-16-13(9-22-25)17(26)24-18(23-16)21-10-20(4,5)12-6-7-14-15(8-12)28-11-27-14/h6-9H,10-11H2,1-5H3,(H2,21,23,24,26). The minimum absolute atomic E-state index is 0.205. The van der Waals surface area contributed by atoms with Crippen molar-refractivity contribution in [2.75, 3.05) is 18.7 Å². The number of aromatic amines is 1. The Morgan fingerprint density at radius 2 is 1.93 bits per heavy atom. The summed E-state index contributed by atoms with van der Waals surface area (Å²) in [6, 6.07) is 5.95. The maximum Gasteiger partial charge on any atom is 0.263 e. The quantitative estimate of drug-likeness (QED) is 0.719. The van der Waals surface area contributed by atoms with Crippen LogP contribution in [0.4, 0.5) is 5.95 Å². The minimum Gasteiger partial charge on any atom is -0.454 e. The molecule has 28 heavy (non-hydrogen) atoms. The van der Waals surface area contributed by atoms with Crippen molar-refractivity contribution < 1.29 is 9.47 Å². The number of rotatable bonds is 4. The second-order valence-corrected chi connectivity index (χ2v) is 8.68. The van der Waals surface area contributed by atoms with Crippen molar-refractivity contribution in [3.05, 3.63) is 40.3 Å². The predicted octanol–water partition coefficient (Wildman–Crippen LogP) is 2.99. The van der Waals surface area contributed by atoms with Gasteiger partial charge in [0, 0.05) is 12.0 Å². The Kier molecular flexibility index (Phi) is 4.10. The summed E-state index contributed by atoms with van der Waals surface area (Å²) in [7, 11) is 0. The first kappa shape index (κ1) is 18.3. The molecule has 4 rings (SSSR count). The molecule has 3 aromatic rings. The van der Waals surface area contributed by atoms with Crippen LogP contribution in [0.3, 0.4) is 0 Å². The van der Waals surface area contributed by atoms with Crippen molar-refractivity contribution in [3.8, 4) is 11.5 Å². The lowest BCUT2D eigenvalue weighted by atomic mass is 9.84. The van der Waals surface area contributed by atoms with Crippen molar-refractivity contribution in [3.63, 3.8) is 0 Å². The van der Waals surface area contributed by atoms with E-state index in [1.165, 1.54) is 0 Å². The first-order valence-corrected chi connectivity index (χ1v) is 9.28. The molecule has 2 aromatic heterocycles. The fourth-order valence-corrected chi connectivity index (χ4v) is 3.22. The lowest BCUT2D eigenvalue weighted by Crippen LogP contribution is -2.29. The summed E-state index contributed by atoms with van der Waals surface area (Å²) in [6.07, 6.45) is 1.56. The zero-order valence-electron chi connectivity index (χ0n) is 16.8. The van der Waals surface area contributed by atoms with Gasteiger partial charge in [-0.3, -0.25) is 9.78 Å². The molecule has 0 radical (unpaired) electrons. The summed E-state index contributed by atoms with van der Waals surface area (Å²) in [5.41, 5.74) is 0.973. The fraction of sp³-hybridized carbons (Fsp3) is 0.450. The third kappa shape index (κ3) is 3.19. The fourth-order valence-electron chi connectivity index (χ4n) is 3.22. The van der Waals surface area contributed by atoms with Crippen molar-refractivity contribution in [2.24, 2.45) is 0 Å². The Morgan fingerprint density at radius 1 is 1.18 bits per heavy atom. The van der Waals surface area contributed by atoms with Crippen LogP contribution in [0.25, 0.3) is 11.0 Å². The minimum atomic E-state index is -0.272. The summed E-state index contributed by atoms with van der Waals surface area (Å²) >= 11 is 0. The van der Waals surface area contributed by atoms with Crippen molar-refractivity contribution in [2.45, 2.75) is 45.6 Å². The first-order chi connectivity index (χ1) is 13.1. The highest BCUT2D eigenvalue weighted by atomic mass is 16.7. The average molecular weight is 383 g/mol.